The number of nitro groups is 2. The van der Waals surface area contributed by atoms with Gasteiger partial charge < -0.3 is 0 Å². The second-order valence-corrected chi connectivity index (χ2v) is 4.85. The molecular weight excluding hydrogens is 276 g/mol. The van der Waals surface area contributed by atoms with Crippen molar-refractivity contribution >= 4 is 22.8 Å². The van der Waals surface area contributed by atoms with Crippen LogP contribution in [-0.4, -0.2) is 15.6 Å². The number of nitro benzene ring substituents is 2. The van der Waals surface area contributed by atoms with Crippen molar-refractivity contribution in [2.75, 3.05) is 5.43 Å². The fourth-order valence-electron chi connectivity index (χ4n) is 2.16. The number of nitrogens with one attached hydrogen (secondary N) is 1. The molecule has 2 rings (SSSR count). The van der Waals surface area contributed by atoms with Crippen LogP contribution in [0.3, 0.4) is 0 Å². The number of hydrazone groups is 1. The van der Waals surface area contributed by atoms with Crippen molar-refractivity contribution in [1.82, 2.24) is 0 Å². The molecule has 0 aromatic heterocycles. The van der Waals surface area contributed by atoms with Gasteiger partial charge in [0.1, 0.15) is 5.69 Å². The summed E-state index contributed by atoms with van der Waals surface area (Å²) < 4.78 is 0. The van der Waals surface area contributed by atoms with Crippen LogP contribution in [0.1, 0.15) is 20.3 Å². The van der Waals surface area contributed by atoms with Gasteiger partial charge in [0.2, 0.25) is 0 Å². The SMILES string of the molecule is CC1=CC[C@H](C)C1=NNc1ccc([N+](=O)[O-])cc1[N+](=O)[O-]. The molecule has 8 nitrogen and oxygen atoms in total. The highest BCUT2D eigenvalue weighted by Gasteiger charge is 2.21. The van der Waals surface area contributed by atoms with Gasteiger partial charge in [-0.05, 0) is 25.0 Å². The predicted octanol–water partition coefficient (Wildman–Crippen LogP) is 3.26. The van der Waals surface area contributed by atoms with E-state index in [0.717, 1.165) is 23.8 Å². The van der Waals surface area contributed by atoms with E-state index >= 15 is 0 Å². The Balaban J connectivity index is 2.32. The lowest BCUT2D eigenvalue weighted by atomic mass is 10.1. The molecule has 0 radical (unpaired) electrons. The molecule has 110 valence electrons. The lowest BCUT2D eigenvalue weighted by molar-refractivity contribution is -0.393. The largest absolute Gasteiger partial charge is 0.301 e. The number of non-ortho nitro benzene ring substituents is 1. The molecule has 0 saturated heterocycles. The molecule has 0 heterocycles. The van der Waals surface area contributed by atoms with Crippen LogP contribution < -0.4 is 5.43 Å². The van der Waals surface area contributed by atoms with Crippen molar-refractivity contribution in [2.45, 2.75) is 20.3 Å². The summed E-state index contributed by atoms with van der Waals surface area (Å²) in [4.78, 5) is 20.3. The molecule has 0 saturated carbocycles. The Morgan fingerprint density at radius 3 is 2.52 bits per heavy atom. The van der Waals surface area contributed by atoms with Gasteiger partial charge >= 0.3 is 5.69 Å². The highest BCUT2D eigenvalue weighted by Crippen LogP contribution is 2.29. The van der Waals surface area contributed by atoms with Crippen LogP contribution >= 0.6 is 0 Å². The maximum absolute atomic E-state index is 11.0. The van der Waals surface area contributed by atoms with Crippen LogP contribution in [0, 0.1) is 26.1 Å². The first-order chi connectivity index (χ1) is 9.90. The number of anilines is 1. The van der Waals surface area contributed by atoms with Gasteiger partial charge in [-0.2, -0.15) is 5.10 Å². The number of hydrogen-bond acceptors (Lipinski definition) is 6. The van der Waals surface area contributed by atoms with Crippen LogP contribution in [0.5, 0.6) is 0 Å². The maximum Gasteiger partial charge on any atom is 0.301 e. The average Bonchev–Trinajstić information content (AvgIpc) is 2.75. The minimum atomic E-state index is -0.672. The van der Waals surface area contributed by atoms with E-state index in [1.807, 2.05) is 13.8 Å². The summed E-state index contributed by atoms with van der Waals surface area (Å²) in [5.74, 6) is 0.245. The number of nitrogens with zero attached hydrogens (tertiary/aromatic N) is 3. The van der Waals surface area contributed by atoms with Crippen molar-refractivity contribution < 1.29 is 9.85 Å². The fourth-order valence-corrected chi connectivity index (χ4v) is 2.16. The monoisotopic (exact) mass is 290 g/mol. The van der Waals surface area contributed by atoms with E-state index in [9.17, 15) is 20.2 Å². The van der Waals surface area contributed by atoms with Crippen LogP contribution in [-0.2, 0) is 0 Å². The van der Waals surface area contributed by atoms with E-state index in [4.69, 9.17) is 0 Å². The normalized spacial score (nSPS) is 19.4. The number of allylic oxidation sites excluding steroid dienone is 2. The Bertz CT molecular complexity index is 666. The first kappa shape index (κ1) is 14.6. The summed E-state index contributed by atoms with van der Waals surface area (Å²) in [5, 5.41) is 25.9. The second kappa shape index (κ2) is 5.70. The van der Waals surface area contributed by atoms with Gasteiger partial charge in [-0.1, -0.05) is 13.0 Å². The van der Waals surface area contributed by atoms with Gasteiger partial charge in [-0.3, -0.25) is 25.7 Å². The standard InChI is InChI=1S/C13H14N4O4/c1-8-3-4-9(2)13(8)15-14-11-6-5-10(16(18)19)7-12(11)17(20)21/h3,5-7,9,14H,4H2,1-2H3/t9-/m0/s1. The number of rotatable bonds is 4. The Morgan fingerprint density at radius 1 is 1.29 bits per heavy atom. The highest BCUT2D eigenvalue weighted by atomic mass is 16.6. The molecule has 21 heavy (non-hydrogen) atoms. The minimum absolute atomic E-state index is 0.130. The van der Waals surface area contributed by atoms with Crippen LogP contribution in [0.2, 0.25) is 0 Å². The molecule has 1 N–H and O–H groups in total. The zero-order valence-electron chi connectivity index (χ0n) is 11.6. The van der Waals surface area contributed by atoms with Gasteiger partial charge in [0, 0.05) is 12.0 Å². The van der Waals surface area contributed by atoms with E-state index in [1.54, 1.807) is 0 Å². The fraction of sp³-hybridized carbons (Fsp3) is 0.308. The van der Waals surface area contributed by atoms with Gasteiger partial charge in [-0.15, -0.1) is 0 Å². The zero-order chi connectivity index (χ0) is 15.6. The van der Waals surface area contributed by atoms with E-state index in [0.29, 0.717) is 0 Å². The summed E-state index contributed by atoms with van der Waals surface area (Å²) in [6.45, 7) is 3.94. The van der Waals surface area contributed by atoms with Crippen molar-refractivity contribution in [3.05, 3.63) is 50.1 Å². The average molecular weight is 290 g/mol. The van der Waals surface area contributed by atoms with Crippen molar-refractivity contribution in [3.63, 3.8) is 0 Å². The summed E-state index contributed by atoms with van der Waals surface area (Å²) in [6, 6.07) is 3.42. The van der Waals surface area contributed by atoms with Crippen molar-refractivity contribution in [1.29, 1.82) is 0 Å². The third-order valence-corrected chi connectivity index (χ3v) is 3.33. The predicted molar refractivity (Wildman–Crippen MR) is 78.3 cm³/mol. The maximum atomic E-state index is 11.0. The van der Waals surface area contributed by atoms with Crippen LogP contribution in [0.25, 0.3) is 0 Å². The molecule has 1 aliphatic carbocycles. The van der Waals surface area contributed by atoms with E-state index in [2.05, 4.69) is 16.6 Å². The highest BCUT2D eigenvalue weighted by molar-refractivity contribution is 6.03. The smallest absolute Gasteiger partial charge is 0.271 e. The van der Waals surface area contributed by atoms with E-state index in [1.165, 1.54) is 12.1 Å². The first-order valence-corrected chi connectivity index (χ1v) is 6.33. The lowest BCUT2D eigenvalue weighted by Gasteiger charge is -2.07. The Labute approximate surface area is 120 Å². The molecule has 1 aromatic carbocycles. The topological polar surface area (TPSA) is 111 Å². The zero-order valence-corrected chi connectivity index (χ0v) is 11.6. The molecule has 1 aromatic rings. The quantitative estimate of drug-likeness (QED) is 0.675. The van der Waals surface area contributed by atoms with Gasteiger partial charge in [-0.25, -0.2) is 0 Å². The molecule has 0 spiro atoms. The Morgan fingerprint density at radius 2 is 2.00 bits per heavy atom. The molecule has 8 heteroatoms. The van der Waals surface area contributed by atoms with Gasteiger partial charge in [0.15, 0.2) is 0 Å². The van der Waals surface area contributed by atoms with Crippen molar-refractivity contribution in [2.24, 2.45) is 11.0 Å². The molecule has 0 aliphatic heterocycles. The molecule has 0 unspecified atom stereocenters. The molecule has 1 aliphatic rings. The third-order valence-electron chi connectivity index (χ3n) is 3.33. The molecule has 0 fully saturated rings. The van der Waals surface area contributed by atoms with Gasteiger partial charge in [0.25, 0.3) is 5.69 Å². The molecular formula is C13H14N4O4. The first-order valence-electron chi connectivity index (χ1n) is 6.33. The van der Waals surface area contributed by atoms with Crippen LogP contribution in [0.15, 0.2) is 34.9 Å². The summed E-state index contributed by atoms with van der Waals surface area (Å²) in [6.07, 6.45) is 2.93. The second-order valence-electron chi connectivity index (χ2n) is 4.85. The lowest BCUT2D eigenvalue weighted by Crippen LogP contribution is -2.09. The summed E-state index contributed by atoms with van der Waals surface area (Å²) in [7, 11) is 0. The van der Waals surface area contributed by atoms with E-state index < -0.39 is 9.85 Å². The van der Waals surface area contributed by atoms with Crippen LogP contribution in [0.4, 0.5) is 17.1 Å². The number of hydrogen-bond donors (Lipinski definition) is 1. The molecule has 1 atom stereocenters. The molecule has 0 bridgehead atoms. The van der Waals surface area contributed by atoms with Crippen molar-refractivity contribution in [3.8, 4) is 0 Å². The van der Waals surface area contributed by atoms with E-state index in [-0.39, 0.29) is 23.0 Å². The summed E-state index contributed by atoms with van der Waals surface area (Å²) in [5.41, 5.74) is 3.94. The summed E-state index contributed by atoms with van der Waals surface area (Å²) >= 11 is 0. The Hall–Kier alpha value is -2.77. The number of benzene rings is 1. The Kier molecular flexibility index (Phi) is 3.97. The minimum Gasteiger partial charge on any atom is -0.271 e. The third kappa shape index (κ3) is 3.04. The molecule has 0 amide bonds. The van der Waals surface area contributed by atoms with Gasteiger partial charge in [0.05, 0.1) is 21.6 Å².